The van der Waals surface area contributed by atoms with E-state index in [1.54, 1.807) is 45.9 Å². The number of hydrogen-bond donors (Lipinski definition) is 2. The third-order valence-corrected chi connectivity index (χ3v) is 4.11. The zero-order valence-electron chi connectivity index (χ0n) is 15.4. The van der Waals surface area contributed by atoms with Crippen LogP contribution in [0.1, 0.15) is 5.56 Å². The molecule has 0 unspecified atom stereocenters. The Labute approximate surface area is 157 Å². The number of urea groups is 1. The minimum Gasteiger partial charge on any atom is -0.493 e. The molecule has 0 aliphatic rings. The summed E-state index contributed by atoms with van der Waals surface area (Å²) in [6, 6.07) is 10.8. The molecule has 0 radical (unpaired) electrons. The number of pyridine rings is 1. The summed E-state index contributed by atoms with van der Waals surface area (Å²) in [6.07, 6.45) is 3.45. The SMILES string of the molecule is COc1cc(CNC(=O)Nc2cccc3cnccc23)cc(OC)c1OC. The molecule has 0 bridgehead atoms. The lowest BCUT2D eigenvalue weighted by Gasteiger charge is -2.15. The van der Waals surface area contributed by atoms with Gasteiger partial charge in [0, 0.05) is 29.7 Å². The van der Waals surface area contributed by atoms with Gasteiger partial charge in [-0.3, -0.25) is 4.98 Å². The van der Waals surface area contributed by atoms with Crippen LogP contribution in [0.25, 0.3) is 10.8 Å². The van der Waals surface area contributed by atoms with Gasteiger partial charge >= 0.3 is 6.03 Å². The fourth-order valence-corrected chi connectivity index (χ4v) is 2.82. The molecule has 0 aliphatic carbocycles. The topological polar surface area (TPSA) is 81.7 Å². The maximum atomic E-state index is 12.3. The van der Waals surface area contributed by atoms with Gasteiger partial charge in [-0.05, 0) is 29.8 Å². The van der Waals surface area contributed by atoms with Gasteiger partial charge in [0.05, 0.1) is 27.0 Å². The van der Waals surface area contributed by atoms with Gasteiger partial charge in [0.2, 0.25) is 5.75 Å². The van der Waals surface area contributed by atoms with Crippen molar-refractivity contribution in [2.75, 3.05) is 26.6 Å². The Morgan fingerprint density at radius 1 is 1.04 bits per heavy atom. The maximum Gasteiger partial charge on any atom is 0.319 e. The highest BCUT2D eigenvalue weighted by Crippen LogP contribution is 2.38. The van der Waals surface area contributed by atoms with Crippen molar-refractivity contribution in [2.24, 2.45) is 0 Å². The Kier molecular flexibility index (Phi) is 5.61. The Morgan fingerprint density at radius 3 is 2.44 bits per heavy atom. The summed E-state index contributed by atoms with van der Waals surface area (Å²) >= 11 is 0. The summed E-state index contributed by atoms with van der Waals surface area (Å²) in [5.74, 6) is 1.59. The summed E-state index contributed by atoms with van der Waals surface area (Å²) in [6.45, 7) is 0.300. The molecule has 0 spiro atoms. The molecule has 0 saturated carbocycles. The normalized spacial score (nSPS) is 10.3. The van der Waals surface area contributed by atoms with Crippen molar-refractivity contribution in [3.05, 3.63) is 54.4 Å². The maximum absolute atomic E-state index is 12.3. The number of carbonyl (C=O) groups is 1. The van der Waals surface area contributed by atoms with Crippen LogP contribution in [0.3, 0.4) is 0 Å². The van der Waals surface area contributed by atoms with Crippen LogP contribution in [0.15, 0.2) is 48.8 Å². The lowest BCUT2D eigenvalue weighted by atomic mass is 10.1. The number of aromatic nitrogens is 1. The lowest BCUT2D eigenvalue weighted by molar-refractivity contribution is 0.251. The van der Waals surface area contributed by atoms with Crippen LogP contribution in [0, 0.1) is 0 Å². The van der Waals surface area contributed by atoms with Crippen LogP contribution < -0.4 is 24.8 Å². The second-order valence-corrected chi connectivity index (χ2v) is 5.74. The third-order valence-electron chi connectivity index (χ3n) is 4.11. The van der Waals surface area contributed by atoms with E-state index in [1.165, 1.54) is 0 Å². The van der Waals surface area contributed by atoms with E-state index < -0.39 is 0 Å². The fraction of sp³-hybridized carbons (Fsp3) is 0.200. The van der Waals surface area contributed by atoms with Gasteiger partial charge in [-0.1, -0.05) is 12.1 Å². The highest BCUT2D eigenvalue weighted by molar-refractivity contribution is 6.01. The molecule has 1 aromatic heterocycles. The molecule has 7 nitrogen and oxygen atoms in total. The number of nitrogens with zero attached hydrogens (tertiary/aromatic N) is 1. The zero-order chi connectivity index (χ0) is 19.2. The van der Waals surface area contributed by atoms with Crippen molar-refractivity contribution in [1.82, 2.24) is 10.3 Å². The standard InChI is InChI=1S/C20H21N3O4/c1-25-17-9-13(10-18(26-2)19(17)27-3)11-22-20(24)23-16-6-4-5-14-12-21-8-7-15(14)16/h4-10,12H,11H2,1-3H3,(H2,22,23,24). The van der Waals surface area contributed by atoms with Crippen LogP contribution in [0.4, 0.5) is 10.5 Å². The third kappa shape index (κ3) is 4.03. The number of amides is 2. The number of fused-ring (bicyclic) bond motifs is 1. The summed E-state index contributed by atoms with van der Waals surface area (Å²) in [4.78, 5) is 16.4. The summed E-state index contributed by atoms with van der Waals surface area (Å²) in [5, 5.41) is 7.59. The predicted molar refractivity (Wildman–Crippen MR) is 104 cm³/mol. The average molecular weight is 367 g/mol. The molecule has 27 heavy (non-hydrogen) atoms. The molecule has 0 saturated heterocycles. The first-order valence-electron chi connectivity index (χ1n) is 8.32. The van der Waals surface area contributed by atoms with E-state index in [2.05, 4.69) is 15.6 Å². The van der Waals surface area contributed by atoms with Crippen LogP contribution >= 0.6 is 0 Å². The van der Waals surface area contributed by atoms with E-state index in [0.717, 1.165) is 22.0 Å². The number of anilines is 1. The summed E-state index contributed by atoms with van der Waals surface area (Å²) in [7, 11) is 4.65. The Hall–Kier alpha value is -3.48. The smallest absolute Gasteiger partial charge is 0.319 e. The van der Waals surface area contributed by atoms with Crippen molar-refractivity contribution >= 4 is 22.5 Å². The second kappa shape index (κ2) is 8.27. The van der Waals surface area contributed by atoms with Gasteiger partial charge in [0.15, 0.2) is 11.5 Å². The monoisotopic (exact) mass is 367 g/mol. The number of hydrogen-bond acceptors (Lipinski definition) is 5. The van der Waals surface area contributed by atoms with Crippen molar-refractivity contribution in [1.29, 1.82) is 0 Å². The number of benzene rings is 2. The van der Waals surface area contributed by atoms with Crippen molar-refractivity contribution in [2.45, 2.75) is 6.54 Å². The highest BCUT2D eigenvalue weighted by atomic mass is 16.5. The molecule has 3 aromatic rings. The summed E-state index contributed by atoms with van der Waals surface area (Å²) < 4.78 is 16.0. The van der Waals surface area contributed by atoms with Gasteiger partial charge < -0.3 is 24.8 Å². The number of carbonyl (C=O) groups excluding carboxylic acids is 1. The first-order chi connectivity index (χ1) is 13.2. The Morgan fingerprint density at radius 2 is 1.78 bits per heavy atom. The minimum atomic E-state index is -0.312. The first-order valence-corrected chi connectivity index (χ1v) is 8.32. The minimum absolute atomic E-state index is 0.300. The molecule has 0 atom stereocenters. The van der Waals surface area contributed by atoms with Gasteiger partial charge in [-0.15, -0.1) is 0 Å². The average Bonchev–Trinajstić information content (AvgIpc) is 2.71. The van der Waals surface area contributed by atoms with Gasteiger partial charge in [0.1, 0.15) is 0 Å². The summed E-state index contributed by atoms with van der Waals surface area (Å²) in [5.41, 5.74) is 1.54. The van der Waals surface area contributed by atoms with Crippen molar-refractivity contribution in [3.8, 4) is 17.2 Å². The number of rotatable bonds is 6. The lowest BCUT2D eigenvalue weighted by Crippen LogP contribution is -2.28. The van der Waals surface area contributed by atoms with Crippen LogP contribution in [0.2, 0.25) is 0 Å². The molecule has 7 heteroatoms. The molecule has 2 aromatic carbocycles. The van der Waals surface area contributed by atoms with Gasteiger partial charge in [-0.25, -0.2) is 4.79 Å². The molecule has 140 valence electrons. The van der Waals surface area contributed by atoms with E-state index >= 15 is 0 Å². The Balaban J connectivity index is 1.72. The fourth-order valence-electron chi connectivity index (χ4n) is 2.82. The van der Waals surface area contributed by atoms with Crippen LogP contribution in [-0.4, -0.2) is 32.3 Å². The first kappa shape index (κ1) is 18.3. The van der Waals surface area contributed by atoms with Crippen LogP contribution in [-0.2, 0) is 6.54 Å². The molecular formula is C20H21N3O4. The second-order valence-electron chi connectivity index (χ2n) is 5.74. The van der Waals surface area contributed by atoms with E-state index in [9.17, 15) is 4.79 Å². The highest BCUT2D eigenvalue weighted by Gasteiger charge is 2.13. The largest absolute Gasteiger partial charge is 0.493 e. The Bertz CT molecular complexity index is 929. The molecule has 0 aliphatic heterocycles. The van der Waals surface area contributed by atoms with Crippen molar-refractivity contribution in [3.63, 3.8) is 0 Å². The molecule has 1 heterocycles. The number of ether oxygens (including phenoxy) is 3. The van der Waals surface area contributed by atoms with Crippen molar-refractivity contribution < 1.29 is 19.0 Å². The van der Waals surface area contributed by atoms with E-state index in [0.29, 0.717) is 23.8 Å². The number of nitrogens with one attached hydrogen (secondary N) is 2. The predicted octanol–water partition coefficient (Wildman–Crippen LogP) is 3.58. The molecule has 2 amide bonds. The van der Waals surface area contributed by atoms with E-state index in [1.807, 2.05) is 24.3 Å². The quantitative estimate of drug-likeness (QED) is 0.696. The molecule has 2 N–H and O–H groups in total. The van der Waals surface area contributed by atoms with Gasteiger partial charge in [-0.2, -0.15) is 0 Å². The molecular weight excluding hydrogens is 346 g/mol. The molecule has 3 rings (SSSR count). The van der Waals surface area contributed by atoms with E-state index in [-0.39, 0.29) is 6.03 Å². The number of methoxy groups -OCH3 is 3. The van der Waals surface area contributed by atoms with E-state index in [4.69, 9.17) is 14.2 Å². The van der Waals surface area contributed by atoms with Gasteiger partial charge in [0.25, 0.3) is 0 Å². The van der Waals surface area contributed by atoms with Crippen LogP contribution in [0.5, 0.6) is 17.2 Å². The zero-order valence-corrected chi connectivity index (χ0v) is 15.4. The molecule has 0 fully saturated rings.